The molecule has 0 spiro atoms. The van der Waals surface area contributed by atoms with Gasteiger partial charge < -0.3 is 4.74 Å². The van der Waals surface area contributed by atoms with Gasteiger partial charge in [0.2, 0.25) is 0 Å². The quantitative estimate of drug-likeness (QED) is 0.612. The van der Waals surface area contributed by atoms with E-state index in [0.29, 0.717) is 12.1 Å². The minimum atomic E-state index is 0.316. The first kappa shape index (κ1) is 11.8. The predicted octanol–water partition coefficient (Wildman–Crippen LogP) is 1.04. The van der Waals surface area contributed by atoms with Crippen LogP contribution in [0.4, 0.5) is 5.13 Å². The molecule has 2 heterocycles. The fourth-order valence-electron chi connectivity index (χ4n) is 1.84. The van der Waals surface area contributed by atoms with E-state index in [1.54, 1.807) is 11.3 Å². The molecule has 1 aliphatic rings. The summed E-state index contributed by atoms with van der Waals surface area (Å²) in [5.41, 5.74) is 2.57. The summed E-state index contributed by atoms with van der Waals surface area (Å²) in [7, 11) is 0. The lowest BCUT2D eigenvalue weighted by Gasteiger charge is -2.36. The molecule has 3 N–H and O–H groups in total. The van der Waals surface area contributed by atoms with E-state index >= 15 is 0 Å². The monoisotopic (exact) mass is 242 g/mol. The fraction of sp³-hybridized carbons (Fsp3) is 0.700. The molecular formula is C10H18N4OS. The molecule has 90 valence electrons. The third kappa shape index (κ3) is 2.70. The maximum absolute atomic E-state index is 5.60. The molecule has 1 fully saturated rings. The van der Waals surface area contributed by atoms with E-state index in [2.05, 4.69) is 29.2 Å². The molecule has 0 aromatic carbocycles. The number of morpholine rings is 1. The summed E-state index contributed by atoms with van der Waals surface area (Å²) in [6.07, 6.45) is 2.20. The summed E-state index contributed by atoms with van der Waals surface area (Å²) in [6.45, 7) is 7.01. The molecular weight excluding hydrogens is 224 g/mol. The maximum atomic E-state index is 5.60. The molecule has 1 aromatic heterocycles. The number of hydrazine groups is 1. The first-order chi connectivity index (χ1) is 7.69. The zero-order valence-electron chi connectivity index (χ0n) is 9.64. The van der Waals surface area contributed by atoms with Crippen molar-refractivity contribution in [2.75, 3.05) is 18.6 Å². The summed E-state index contributed by atoms with van der Waals surface area (Å²) >= 11 is 1.60. The van der Waals surface area contributed by atoms with Crippen molar-refractivity contribution in [3.05, 3.63) is 11.1 Å². The van der Waals surface area contributed by atoms with Crippen LogP contribution in [0.1, 0.15) is 18.7 Å². The van der Waals surface area contributed by atoms with Crippen molar-refractivity contribution in [1.29, 1.82) is 0 Å². The molecule has 16 heavy (non-hydrogen) atoms. The number of hydrogen-bond donors (Lipinski definition) is 2. The Morgan fingerprint density at radius 1 is 1.69 bits per heavy atom. The lowest BCUT2D eigenvalue weighted by atomic mass is 10.2. The molecule has 6 heteroatoms. The lowest BCUT2D eigenvalue weighted by Crippen LogP contribution is -2.46. The van der Waals surface area contributed by atoms with E-state index < -0.39 is 0 Å². The molecule has 2 atom stereocenters. The number of nitrogens with one attached hydrogen (secondary N) is 1. The molecule has 1 aliphatic heterocycles. The number of nitrogens with zero attached hydrogens (tertiary/aromatic N) is 2. The summed E-state index contributed by atoms with van der Waals surface area (Å²) in [5, 5.41) is 0.768. The van der Waals surface area contributed by atoms with Crippen LogP contribution in [0.2, 0.25) is 0 Å². The number of hydrogen-bond acceptors (Lipinski definition) is 6. The third-order valence-electron chi connectivity index (χ3n) is 2.77. The van der Waals surface area contributed by atoms with Crippen molar-refractivity contribution in [3.8, 4) is 0 Å². The molecule has 2 unspecified atom stereocenters. The van der Waals surface area contributed by atoms with Crippen LogP contribution in [-0.4, -0.2) is 35.2 Å². The number of thiazole rings is 1. The van der Waals surface area contributed by atoms with Gasteiger partial charge in [0.1, 0.15) is 0 Å². The third-order valence-corrected chi connectivity index (χ3v) is 3.69. The van der Waals surface area contributed by atoms with Crippen molar-refractivity contribution in [3.63, 3.8) is 0 Å². The van der Waals surface area contributed by atoms with E-state index in [9.17, 15) is 0 Å². The van der Waals surface area contributed by atoms with E-state index in [-0.39, 0.29) is 0 Å². The average Bonchev–Trinajstić information content (AvgIpc) is 2.71. The molecule has 0 saturated carbocycles. The van der Waals surface area contributed by atoms with Gasteiger partial charge in [0.25, 0.3) is 0 Å². The smallest absolute Gasteiger partial charge is 0.197 e. The van der Waals surface area contributed by atoms with Crippen molar-refractivity contribution >= 4 is 16.5 Å². The van der Waals surface area contributed by atoms with Crippen molar-refractivity contribution in [1.82, 2.24) is 9.88 Å². The Morgan fingerprint density at radius 2 is 2.50 bits per heavy atom. The van der Waals surface area contributed by atoms with Gasteiger partial charge in [-0.3, -0.25) is 10.3 Å². The minimum Gasteiger partial charge on any atom is -0.376 e. The van der Waals surface area contributed by atoms with Crippen LogP contribution in [0.15, 0.2) is 6.20 Å². The van der Waals surface area contributed by atoms with Crippen LogP contribution in [-0.2, 0) is 11.3 Å². The van der Waals surface area contributed by atoms with Crippen molar-refractivity contribution in [2.24, 2.45) is 5.84 Å². The second-order valence-corrected chi connectivity index (χ2v) is 5.31. The first-order valence-corrected chi connectivity index (χ1v) is 6.27. The van der Waals surface area contributed by atoms with Gasteiger partial charge in [0, 0.05) is 30.2 Å². The van der Waals surface area contributed by atoms with Crippen LogP contribution in [0.3, 0.4) is 0 Å². The Hall–Kier alpha value is -0.690. The Bertz CT molecular complexity index is 343. The van der Waals surface area contributed by atoms with E-state index in [1.165, 1.54) is 4.88 Å². The predicted molar refractivity (Wildman–Crippen MR) is 65.2 cm³/mol. The van der Waals surface area contributed by atoms with Gasteiger partial charge in [-0.2, -0.15) is 0 Å². The summed E-state index contributed by atoms with van der Waals surface area (Å²) in [4.78, 5) is 7.82. The molecule has 2 rings (SSSR count). The van der Waals surface area contributed by atoms with Gasteiger partial charge >= 0.3 is 0 Å². The maximum Gasteiger partial charge on any atom is 0.197 e. The number of nitrogen functional groups attached to an aromatic ring is 1. The topological polar surface area (TPSA) is 63.4 Å². The molecule has 0 amide bonds. The standard InChI is InChI=1S/C10H18N4OS/c1-7-6-15-8(2)4-14(7)5-9-3-12-10(13-11)16-9/h3,7-8H,4-6,11H2,1-2H3,(H,12,13). The number of aromatic nitrogens is 1. The van der Waals surface area contributed by atoms with Gasteiger partial charge in [-0.25, -0.2) is 10.8 Å². The number of ether oxygens (including phenoxy) is 1. The van der Waals surface area contributed by atoms with E-state index in [4.69, 9.17) is 10.6 Å². The molecule has 0 aliphatic carbocycles. The summed E-state index contributed by atoms with van der Waals surface area (Å²) in [6, 6.07) is 0.465. The van der Waals surface area contributed by atoms with Gasteiger partial charge in [0.05, 0.1) is 12.7 Å². The van der Waals surface area contributed by atoms with Gasteiger partial charge in [-0.1, -0.05) is 11.3 Å². The van der Waals surface area contributed by atoms with Gasteiger partial charge in [-0.15, -0.1) is 0 Å². The SMILES string of the molecule is CC1CN(Cc2cnc(NN)s2)C(C)CO1. The second-order valence-electron chi connectivity index (χ2n) is 4.20. The highest BCUT2D eigenvalue weighted by atomic mass is 32.1. The van der Waals surface area contributed by atoms with Crippen molar-refractivity contribution in [2.45, 2.75) is 32.5 Å². The molecule has 5 nitrogen and oxygen atoms in total. The molecule has 1 aromatic rings. The van der Waals surface area contributed by atoms with Crippen LogP contribution in [0, 0.1) is 0 Å². The van der Waals surface area contributed by atoms with Crippen LogP contribution >= 0.6 is 11.3 Å². The van der Waals surface area contributed by atoms with Crippen LogP contribution in [0.25, 0.3) is 0 Å². The Kier molecular flexibility index (Phi) is 3.75. The highest BCUT2D eigenvalue weighted by molar-refractivity contribution is 7.15. The van der Waals surface area contributed by atoms with E-state index in [1.807, 2.05) is 6.20 Å². The number of nitrogens with two attached hydrogens (primary N) is 1. The fourth-order valence-corrected chi connectivity index (χ4v) is 2.59. The zero-order valence-corrected chi connectivity index (χ0v) is 10.5. The highest BCUT2D eigenvalue weighted by Gasteiger charge is 2.23. The van der Waals surface area contributed by atoms with Crippen molar-refractivity contribution < 1.29 is 4.74 Å². The molecule has 0 bridgehead atoms. The highest BCUT2D eigenvalue weighted by Crippen LogP contribution is 2.21. The minimum absolute atomic E-state index is 0.316. The Morgan fingerprint density at radius 3 is 3.19 bits per heavy atom. The first-order valence-electron chi connectivity index (χ1n) is 5.46. The molecule has 1 saturated heterocycles. The summed E-state index contributed by atoms with van der Waals surface area (Å²) < 4.78 is 5.60. The largest absolute Gasteiger partial charge is 0.376 e. The number of rotatable bonds is 3. The van der Waals surface area contributed by atoms with Gasteiger partial charge in [0.15, 0.2) is 5.13 Å². The normalized spacial score (nSPS) is 26.9. The molecule has 0 radical (unpaired) electrons. The number of anilines is 1. The van der Waals surface area contributed by atoms with E-state index in [0.717, 1.165) is 24.8 Å². The second kappa shape index (κ2) is 5.09. The van der Waals surface area contributed by atoms with Crippen LogP contribution < -0.4 is 11.3 Å². The lowest BCUT2D eigenvalue weighted by molar-refractivity contribution is -0.0523. The van der Waals surface area contributed by atoms with Crippen LogP contribution in [0.5, 0.6) is 0 Å². The average molecular weight is 242 g/mol. The zero-order chi connectivity index (χ0) is 11.5. The Balaban J connectivity index is 1.97. The van der Waals surface area contributed by atoms with Gasteiger partial charge in [-0.05, 0) is 13.8 Å². The summed E-state index contributed by atoms with van der Waals surface area (Å²) in [5.74, 6) is 5.31. The Labute approximate surface area is 99.6 Å².